The molecule has 24 heavy (non-hydrogen) atoms. The Morgan fingerprint density at radius 3 is 2.46 bits per heavy atom. The number of carbonyl (C=O) groups is 2. The van der Waals surface area contributed by atoms with Crippen LogP contribution in [0.2, 0.25) is 0 Å². The molecular formula is C16H17N3O5. The van der Waals surface area contributed by atoms with E-state index in [-0.39, 0.29) is 12.4 Å². The molecule has 0 saturated heterocycles. The van der Waals surface area contributed by atoms with Gasteiger partial charge in [-0.15, -0.1) is 0 Å². The standard InChI is InChI=1S/C16H17N3O5/c1-23-14-11(9-18-16(19-14)24-2)5-3-10-4-6-12(17-8-10)7-13(20)15(21)22/h4,6,8-9H,3,5,7H2,1-2H3,(H,21,22). The zero-order valence-electron chi connectivity index (χ0n) is 13.4. The summed E-state index contributed by atoms with van der Waals surface area (Å²) in [5, 5.41) is 8.58. The summed E-state index contributed by atoms with van der Waals surface area (Å²) in [7, 11) is 3.01. The lowest BCUT2D eigenvalue weighted by Gasteiger charge is -2.08. The molecule has 2 heterocycles. The van der Waals surface area contributed by atoms with Crippen molar-refractivity contribution >= 4 is 11.8 Å². The number of aliphatic carboxylic acids is 1. The lowest BCUT2D eigenvalue weighted by atomic mass is 10.1. The summed E-state index contributed by atoms with van der Waals surface area (Å²) in [5.41, 5.74) is 2.21. The van der Waals surface area contributed by atoms with Crippen molar-refractivity contribution in [3.63, 3.8) is 0 Å². The van der Waals surface area contributed by atoms with Crippen LogP contribution in [0.1, 0.15) is 16.8 Å². The summed E-state index contributed by atoms with van der Waals surface area (Å²) in [6.45, 7) is 0. The van der Waals surface area contributed by atoms with Gasteiger partial charge in [-0.25, -0.2) is 9.78 Å². The highest BCUT2D eigenvalue weighted by Gasteiger charge is 2.13. The summed E-state index contributed by atoms with van der Waals surface area (Å²) in [5.74, 6) is -1.87. The van der Waals surface area contributed by atoms with Gasteiger partial charge in [0.2, 0.25) is 11.7 Å². The second-order valence-electron chi connectivity index (χ2n) is 4.95. The van der Waals surface area contributed by atoms with E-state index in [9.17, 15) is 9.59 Å². The number of carboxylic acids is 1. The number of methoxy groups -OCH3 is 2. The molecule has 126 valence electrons. The number of aromatic nitrogens is 3. The minimum absolute atomic E-state index is 0.213. The van der Waals surface area contributed by atoms with E-state index in [1.165, 1.54) is 14.2 Å². The van der Waals surface area contributed by atoms with Crippen LogP contribution in [0.15, 0.2) is 24.5 Å². The van der Waals surface area contributed by atoms with E-state index in [1.807, 2.05) is 6.07 Å². The summed E-state index contributed by atoms with van der Waals surface area (Å²) in [4.78, 5) is 34.0. The van der Waals surface area contributed by atoms with E-state index in [4.69, 9.17) is 14.6 Å². The second-order valence-corrected chi connectivity index (χ2v) is 4.95. The van der Waals surface area contributed by atoms with Gasteiger partial charge in [0, 0.05) is 23.7 Å². The monoisotopic (exact) mass is 331 g/mol. The molecule has 0 aromatic carbocycles. The van der Waals surface area contributed by atoms with Crippen molar-refractivity contribution in [3.8, 4) is 11.9 Å². The van der Waals surface area contributed by atoms with Crippen LogP contribution in [-0.2, 0) is 28.9 Å². The highest BCUT2D eigenvalue weighted by atomic mass is 16.5. The number of carbonyl (C=O) groups excluding carboxylic acids is 1. The van der Waals surface area contributed by atoms with Gasteiger partial charge in [-0.3, -0.25) is 9.78 Å². The van der Waals surface area contributed by atoms with Crippen LogP contribution in [0, 0.1) is 0 Å². The first-order valence-corrected chi connectivity index (χ1v) is 7.17. The first-order chi connectivity index (χ1) is 11.5. The minimum atomic E-state index is -1.45. The van der Waals surface area contributed by atoms with Gasteiger partial charge in [0.05, 0.1) is 20.6 Å². The molecule has 2 rings (SSSR count). The van der Waals surface area contributed by atoms with Gasteiger partial charge in [0.1, 0.15) is 0 Å². The molecule has 2 aromatic rings. The number of rotatable bonds is 8. The third-order valence-corrected chi connectivity index (χ3v) is 3.33. The van der Waals surface area contributed by atoms with Gasteiger partial charge in [-0.2, -0.15) is 4.98 Å². The summed E-state index contributed by atoms with van der Waals surface area (Å²) < 4.78 is 10.2. The molecule has 0 fully saturated rings. The molecule has 2 aromatic heterocycles. The highest BCUT2D eigenvalue weighted by Crippen LogP contribution is 2.19. The van der Waals surface area contributed by atoms with Crippen molar-refractivity contribution in [2.75, 3.05) is 14.2 Å². The number of nitrogens with zero attached hydrogens (tertiary/aromatic N) is 3. The van der Waals surface area contributed by atoms with Crippen molar-refractivity contribution in [3.05, 3.63) is 41.3 Å². The van der Waals surface area contributed by atoms with Crippen LogP contribution in [0.3, 0.4) is 0 Å². The van der Waals surface area contributed by atoms with Crippen LogP contribution in [-0.4, -0.2) is 46.0 Å². The zero-order chi connectivity index (χ0) is 17.5. The molecule has 0 amide bonds. The fourth-order valence-electron chi connectivity index (χ4n) is 2.05. The molecule has 0 unspecified atom stereocenters. The predicted molar refractivity (Wildman–Crippen MR) is 83.1 cm³/mol. The fourth-order valence-corrected chi connectivity index (χ4v) is 2.05. The number of ketones is 1. The molecule has 0 radical (unpaired) electrons. The van der Waals surface area contributed by atoms with Crippen molar-refractivity contribution in [1.82, 2.24) is 15.0 Å². The molecule has 0 aliphatic heterocycles. The first-order valence-electron chi connectivity index (χ1n) is 7.17. The molecule has 1 N–H and O–H groups in total. The van der Waals surface area contributed by atoms with Gasteiger partial charge < -0.3 is 14.6 Å². The Labute approximate surface area is 138 Å². The lowest BCUT2D eigenvalue weighted by molar-refractivity contribution is -0.148. The topological polar surface area (TPSA) is 112 Å². The SMILES string of the molecule is COc1ncc(CCc2ccc(CC(=O)C(=O)O)nc2)c(OC)n1. The normalized spacial score (nSPS) is 10.2. The van der Waals surface area contributed by atoms with E-state index in [1.54, 1.807) is 18.5 Å². The first kappa shape index (κ1) is 17.3. The maximum absolute atomic E-state index is 11.2. The van der Waals surface area contributed by atoms with E-state index >= 15 is 0 Å². The van der Waals surface area contributed by atoms with Gasteiger partial charge >= 0.3 is 12.0 Å². The highest BCUT2D eigenvalue weighted by molar-refractivity contribution is 6.33. The third-order valence-electron chi connectivity index (χ3n) is 3.33. The number of carboxylic acid groups (broad SMARTS) is 1. The van der Waals surface area contributed by atoms with Crippen LogP contribution in [0.25, 0.3) is 0 Å². The minimum Gasteiger partial charge on any atom is -0.481 e. The molecule has 0 aliphatic rings. The average molecular weight is 331 g/mol. The Morgan fingerprint density at radius 2 is 1.88 bits per heavy atom. The van der Waals surface area contributed by atoms with Gasteiger partial charge in [-0.05, 0) is 24.5 Å². The van der Waals surface area contributed by atoms with Crippen LogP contribution >= 0.6 is 0 Å². The Morgan fingerprint density at radius 1 is 1.08 bits per heavy atom. The number of pyridine rings is 1. The van der Waals surface area contributed by atoms with Crippen LogP contribution in [0.4, 0.5) is 0 Å². The van der Waals surface area contributed by atoms with Gasteiger partial charge in [0.15, 0.2) is 0 Å². The smallest absolute Gasteiger partial charge is 0.372 e. The number of hydrogen-bond acceptors (Lipinski definition) is 7. The summed E-state index contributed by atoms with van der Waals surface area (Å²) in [6.07, 6.45) is 4.38. The number of Topliss-reactive ketones (excluding diaryl/α,β-unsaturated/α-hetero) is 1. The van der Waals surface area contributed by atoms with E-state index in [0.717, 1.165) is 11.1 Å². The largest absolute Gasteiger partial charge is 0.481 e. The van der Waals surface area contributed by atoms with E-state index in [0.29, 0.717) is 24.4 Å². The molecule has 8 heteroatoms. The van der Waals surface area contributed by atoms with Crippen molar-refractivity contribution < 1.29 is 24.2 Å². The second kappa shape index (κ2) is 8.00. The molecule has 0 aliphatic carbocycles. The average Bonchev–Trinajstić information content (AvgIpc) is 2.60. The molecule has 0 spiro atoms. The molecule has 0 atom stereocenters. The Hall–Kier alpha value is -3.03. The maximum atomic E-state index is 11.2. The lowest BCUT2D eigenvalue weighted by Crippen LogP contribution is -2.15. The van der Waals surface area contributed by atoms with Gasteiger partial charge in [-0.1, -0.05) is 6.07 Å². The molecule has 8 nitrogen and oxygen atoms in total. The fraction of sp³-hybridized carbons (Fsp3) is 0.312. The van der Waals surface area contributed by atoms with Crippen LogP contribution in [0.5, 0.6) is 11.9 Å². The maximum Gasteiger partial charge on any atom is 0.372 e. The number of ether oxygens (including phenoxy) is 2. The zero-order valence-corrected chi connectivity index (χ0v) is 13.4. The van der Waals surface area contributed by atoms with Crippen molar-refractivity contribution in [2.24, 2.45) is 0 Å². The van der Waals surface area contributed by atoms with Crippen molar-refractivity contribution in [2.45, 2.75) is 19.3 Å². The van der Waals surface area contributed by atoms with Crippen LogP contribution < -0.4 is 9.47 Å². The van der Waals surface area contributed by atoms with E-state index in [2.05, 4.69) is 15.0 Å². The van der Waals surface area contributed by atoms with Gasteiger partial charge in [0.25, 0.3) is 0 Å². The predicted octanol–water partition coefficient (Wildman–Crippen LogP) is 0.870. The molecule has 0 saturated carbocycles. The third kappa shape index (κ3) is 4.48. The Bertz CT molecular complexity index is 731. The summed E-state index contributed by atoms with van der Waals surface area (Å²) in [6, 6.07) is 3.71. The van der Waals surface area contributed by atoms with Crippen molar-refractivity contribution in [1.29, 1.82) is 0 Å². The quantitative estimate of drug-likeness (QED) is 0.709. The number of aryl methyl sites for hydroxylation is 2. The summed E-state index contributed by atoms with van der Waals surface area (Å²) >= 11 is 0. The molecule has 0 bridgehead atoms. The molecular weight excluding hydrogens is 314 g/mol. The number of hydrogen-bond donors (Lipinski definition) is 1. The Balaban J connectivity index is 2.00. The van der Waals surface area contributed by atoms with E-state index < -0.39 is 11.8 Å². The Kier molecular flexibility index (Phi) is 5.78.